The van der Waals surface area contributed by atoms with Crippen LogP contribution in [0.15, 0.2) is 72.8 Å². The standard InChI is InChI=1S/C29H34N2O.2ClH/c1-2-8-28(9-3-1)31-20-18-30(19-21-31)17-16-24-10-12-25(13-11-24)23-32-29-15-14-26-6-4-5-7-27(26)22-29;;/h1-3,8-15,22H,4-7,16-21,23H2;2*1H. The van der Waals surface area contributed by atoms with Crippen LogP contribution in [0.5, 0.6) is 5.75 Å². The van der Waals surface area contributed by atoms with Crippen LogP contribution in [-0.4, -0.2) is 37.6 Å². The van der Waals surface area contributed by atoms with Crippen LogP contribution in [0.4, 0.5) is 5.69 Å². The third-order valence-corrected chi connectivity index (χ3v) is 6.96. The number of fused-ring (bicyclic) bond motifs is 1. The van der Waals surface area contributed by atoms with E-state index >= 15 is 0 Å². The molecule has 0 atom stereocenters. The summed E-state index contributed by atoms with van der Waals surface area (Å²) in [7, 11) is 0. The highest BCUT2D eigenvalue weighted by atomic mass is 35.5. The van der Waals surface area contributed by atoms with Crippen LogP contribution in [0.25, 0.3) is 0 Å². The monoisotopic (exact) mass is 498 g/mol. The predicted molar refractivity (Wildman–Crippen MR) is 147 cm³/mol. The second-order valence-corrected chi connectivity index (χ2v) is 9.16. The molecule has 0 saturated carbocycles. The quantitative estimate of drug-likeness (QED) is 0.377. The van der Waals surface area contributed by atoms with Crippen LogP contribution in [0, 0.1) is 0 Å². The van der Waals surface area contributed by atoms with Gasteiger partial charge in [0.05, 0.1) is 0 Å². The van der Waals surface area contributed by atoms with Gasteiger partial charge in [0.15, 0.2) is 0 Å². The summed E-state index contributed by atoms with van der Waals surface area (Å²) in [6.45, 7) is 6.28. The fourth-order valence-electron chi connectivity index (χ4n) is 4.92. The Hall–Kier alpha value is -2.20. The molecule has 5 rings (SSSR count). The van der Waals surface area contributed by atoms with Crippen molar-refractivity contribution in [2.75, 3.05) is 37.6 Å². The topological polar surface area (TPSA) is 15.7 Å². The van der Waals surface area contributed by atoms with Gasteiger partial charge in [-0.15, -0.1) is 24.8 Å². The molecule has 0 N–H and O–H groups in total. The molecule has 1 heterocycles. The van der Waals surface area contributed by atoms with Gasteiger partial charge in [0.2, 0.25) is 0 Å². The van der Waals surface area contributed by atoms with Gasteiger partial charge in [0.1, 0.15) is 12.4 Å². The molecule has 3 nitrogen and oxygen atoms in total. The molecular weight excluding hydrogens is 463 g/mol. The van der Waals surface area contributed by atoms with Gasteiger partial charge in [0.25, 0.3) is 0 Å². The maximum Gasteiger partial charge on any atom is 0.120 e. The molecule has 3 aromatic rings. The summed E-state index contributed by atoms with van der Waals surface area (Å²) >= 11 is 0. The fourth-order valence-corrected chi connectivity index (χ4v) is 4.92. The summed E-state index contributed by atoms with van der Waals surface area (Å²) in [5, 5.41) is 0. The van der Waals surface area contributed by atoms with Gasteiger partial charge in [0, 0.05) is 38.4 Å². The molecule has 0 unspecified atom stereocenters. The number of aryl methyl sites for hydroxylation is 2. The number of hydrogen-bond acceptors (Lipinski definition) is 3. The van der Waals surface area contributed by atoms with Crippen LogP contribution in [0.1, 0.15) is 35.1 Å². The SMILES string of the molecule is Cl.Cl.c1ccc(N2CCN(CCc3ccc(COc4ccc5c(c4)CCCC5)cc3)CC2)cc1. The molecule has 0 bridgehead atoms. The second-order valence-electron chi connectivity index (χ2n) is 9.16. The number of halogens is 2. The van der Waals surface area contributed by atoms with Crippen molar-refractivity contribution in [1.82, 2.24) is 4.90 Å². The van der Waals surface area contributed by atoms with E-state index in [-0.39, 0.29) is 24.8 Å². The smallest absolute Gasteiger partial charge is 0.120 e. The van der Waals surface area contributed by atoms with Crippen LogP contribution < -0.4 is 9.64 Å². The molecule has 34 heavy (non-hydrogen) atoms. The summed E-state index contributed by atoms with van der Waals surface area (Å²) in [5.74, 6) is 1.00. The van der Waals surface area contributed by atoms with Crippen molar-refractivity contribution >= 4 is 30.5 Å². The highest BCUT2D eigenvalue weighted by Gasteiger charge is 2.16. The van der Waals surface area contributed by atoms with Crippen molar-refractivity contribution in [1.29, 1.82) is 0 Å². The van der Waals surface area contributed by atoms with Crippen molar-refractivity contribution in [3.63, 3.8) is 0 Å². The number of rotatable bonds is 7. The minimum Gasteiger partial charge on any atom is -0.489 e. The number of hydrogen-bond donors (Lipinski definition) is 0. The van der Waals surface area contributed by atoms with Gasteiger partial charge in [-0.3, -0.25) is 4.90 Å². The summed E-state index contributed by atoms with van der Waals surface area (Å²) in [6, 6.07) is 26.4. The predicted octanol–water partition coefficient (Wildman–Crippen LogP) is 6.35. The van der Waals surface area contributed by atoms with Gasteiger partial charge in [-0.05, 0) is 78.6 Å². The third-order valence-electron chi connectivity index (χ3n) is 6.96. The van der Waals surface area contributed by atoms with Gasteiger partial charge in [-0.2, -0.15) is 0 Å². The van der Waals surface area contributed by atoms with E-state index in [2.05, 4.69) is 82.6 Å². The van der Waals surface area contributed by atoms with Gasteiger partial charge < -0.3 is 9.64 Å². The first-order valence-corrected chi connectivity index (χ1v) is 12.2. The number of anilines is 1. The second kappa shape index (κ2) is 13.0. The minimum atomic E-state index is 0. The molecule has 0 radical (unpaired) electrons. The van der Waals surface area contributed by atoms with E-state index in [0.717, 1.165) is 44.9 Å². The molecule has 1 saturated heterocycles. The summed E-state index contributed by atoms with van der Waals surface area (Å²) in [4.78, 5) is 5.08. The molecule has 3 aromatic carbocycles. The molecule has 1 aliphatic heterocycles. The molecular formula is C29H36Cl2N2O. The van der Waals surface area contributed by atoms with Crippen molar-refractivity contribution in [2.24, 2.45) is 0 Å². The molecule has 1 aliphatic carbocycles. The summed E-state index contributed by atoms with van der Waals surface area (Å²) < 4.78 is 6.09. The van der Waals surface area contributed by atoms with E-state index in [4.69, 9.17) is 4.74 Å². The zero-order valence-electron chi connectivity index (χ0n) is 19.8. The Morgan fingerprint density at radius 1 is 0.676 bits per heavy atom. The summed E-state index contributed by atoms with van der Waals surface area (Å²) in [5.41, 5.74) is 6.99. The molecule has 0 spiro atoms. The highest BCUT2D eigenvalue weighted by Crippen LogP contribution is 2.26. The highest BCUT2D eigenvalue weighted by molar-refractivity contribution is 5.85. The molecule has 5 heteroatoms. The molecule has 2 aliphatic rings. The number of nitrogens with zero attached hydrogens (tertiary/aromatic N) is 2. The minimum absolute atomic E-state index is 0. The van der Waals surface area contributed by atoms with E-state index in [1.807, 2.05) is 0 Å². The third kappa shape index (κ3) is 6.91. The van der Waals surface area contributed by atoms with Gasteiger partial charge in [-0.25, -0.2) is 0 Å². The number of piperazine rings is 1. The van der Waals surface area contributed by atoms with E-state index in [9.17, 15) is 0 Å². The van der Waals surface area contributed by atoms with Crippen LogP contribution >= 0.6 is 24.8 Å². The van der Waals surface area contributed by atoms with Gasteiger partial charge >= 0.3 is 0 Å². The molecule has 1 fully saturated rings. The normalized spacial score (nSPS) is 15.6. The van der Waals surface area contributed by atoms with E-state index in [0.29, 0.717) is 6.61 Å². The Morgan fingerprint density at radius 2 is 1.35 bits per heavy atom. The lowest BCUT2D eigenvalue weighted by molar-refractivity contribution is 0.261. The lowest BCUT2D eigenvalue weighted by Gasteiger charge is -2.36. The fraction of sp³-hybridized carbons (Fsp3) is 0.379. The lowest BCUT2D eigenvalue weighted by Crippen LogP contribution is -2.46. The molecule has 0 amide bonds. The number of ether oxygens (including phenoxy) is 1. The average Bonchev–Trinajstić information content (AvgIpc) is 2.87. The van der Waals surface area contributed by atoms with Crippen molar-refractivity contribution in [2.45, 2.75) is 38.7 Å². The lowest BCUT2D eigenvalue weighted by atomic mass is 9.92. The Bertz CT molecular complexity index is 1000. The number of para-hydroxylation sites is 1. The average molecular weight is 500 g/mol. The Kier molecular flexibility index (Phi) is 10.1. The van der Waals surface area contributed by atoms with E-state index < -0.39 is 0 Å². The Labute approximate surface area is 216 Å². The van der Waals surface area contributed by atoms with Crippen molar-refractivity contribution < 1.29 is 4.74 Å². The first-order chi connectivity index (χ1) is 15.8. The van der Waals surface area contributed by atoms with Crippen molar-refractivity contribution in [3.05, 3.63) is 95.1 Å². The zero-order chi connectivity index (χ0) is 21.6. The van der Waals surface area contributed by atoms with Crippen molar-refractivity contribution in [3.8, 4) is 5.75 Å². The van der Waals surface area contributed by atoms with Crippen LogP contribution in [0.3, 0.4) is 0 Å². The largest absolute Gasteiger partial charge is 0.489 e. The Morgan fingerprint density at radius 3 is 2.09 bits per heavy atom. The maximum atomic E-state index is 6.09. The van der Waals surface area contributed by atoms with E-state index in [1.165, 1.54) is 53.6 Å². The van der Waals surface area contributed by atoms with Crippen LogP contribution in [0.2, 0.25) is 0 Å². The Balaban J connectivity index is 0.00000162. The maximum absolute atomic E-state index is 6.09. The first kappa shape index (κ1) is 26.4. The zero-order valence-corrected chi connectivity index (χ0v) is 21.5. The first-order valence-electron chi connectivity index (χ1n) is 12.2. The van der Waals surface area contributed by atoms with Gasteiger partial charge in [-0.1, -0.05) is 48.5 Å². The summed E-state index contributed by atoms with van der Waals surface area (Å²) in [6.07, 6.45) is 6.16. The van der Waals surface area contributed by atoms with Crippen LogP contribution in [-0.2, 0) is 25.9 Å². The number of benzene rings is 3. The molecule has 0 aromatic heterocycles. The molecule has 182 valence electrons. The van der Waals surface area contributed by atoms with E-state index in [1.54, 1.807) is 0 Å².